The number of pyridine rings is 2. The Balaban J connectivity index is 1.86. The minimum absolute atomic E-state index is 0.0557. The van der Waals surface area contributed by atoms with Gasteiger partial charge in [-0.1, -0.05) is 78.3 Å². The number of hydrogen-bond acceptors (Lipinski definition) is 3. The zero-order valence-corrected chi connectivity index (χ0v) is 19.3. The molecule has 0 unspecified atom stereocenters. The Kier molecular flexibility index (Phi) is 5.09. The average molecular weight is 475 g/mol. The predicted octanol–water partition coefficient (Wildman–Crippen LogP) is 7.23. The molecule has 0 aliphatic heterocycles. The highest BCUT2D eigenvalue weighted by molar-refractivity contribution is 6.30. The number of benzene rings is 4. The molecule has 35 heavy (non-hydrogen) atoms. The quantitative estimate of drug-likeness (QED) is 0.275. The van der Waals surface area contributed by atoms with Crippen LogP contribution in [0, 0.1) is 0 Å². The summed E-state index contributed by atoms with van der Waals surface area (Å²) >= 11 is 6.14. The van der Waals surface area contributed by atoms with E-state index in [1.54, 1.807) is 12.1 Å². The van der Waals surface area contributed by atoms with E-state index >= 15 is 0 Å². The SMILES string of the molecule is O=c1c2c(O)cccc2n(-c2ccccc2)c2nc(-c3ccc(Cl)cc3)cc(-c3ccccc3)c12. The first-order valence-corrected chi connectivity index (χ1v) is 11.6. The van der Waals surface area contributed by atoms with Crippen LogP contribution in [0.25, 0.3) is 50.0 Å². The van der Waals surface area contributed by atoms with Crippen LogP contribution in [0.15, 0.2) is 114 Å². The van der Waals surface area contributed by atoms with E-state index in [9.17, 15) is 9.90 Å². The zero-order chi connectivity index (χ0) is 23.9. The van der Waals surface area contributed by atoms with Crippen LogP contribution in [0.4, 0.5) is 0 Å². The summed E-state index contributed by atoms with van der Waals surface area (Å²) in [6.45, 7) is 0. The average Bonchev–Trinajstić information content (AvgIpc) is 2.90. The van der Waals surface area contributed by atoms with Crippen LogP contribution in [-0.4, -0.2) is 14.7 Å². The molecule has 0 amide bonds. The van der Waals surface area contributed by atoms with Gasteiger partial charge in [0, 0.05) is 16.3 Å². The van der Waals surface area contributed by atoms with Gasteiger partial charge < -0.3 is 5.11 Å². The second-order valence-corrected chi connectivity index (χ2v) is 8.73. The van der Waals surface area contributed by atoms with Crippen LogP contribution in [0.3, 0.4) is 0 Å². The number of fused-ring (bicyclic) bond motifs is 2. The van der Waals surface area contributed by atoms with Gasteiger partial charge in [0.1, 0.15) is 11.4 Å². The zero-order valence-electron chi connectivity index (χ0n) is 18.5. The number of hydrogen-bond donors (Lipinski definition) is 1. The van der Waals surface area contributed by atoms with Gasteiger partial charge in [0.05, 0.1) is 22.0 Å². The van der Waals surface area contributed by atoms with E-state index in [-0.39, 0.29) is 16.6 Å². The molecule has 4 aromatic carbocycles. The topological polar surface area (TPSA) is 55.1 Å². The van der Waals surface area contributed by atoms with Crippen molar-refractivity contribution >= 4 is 33.5 Å². The molecule has 0 aliphatic rings. The van der Waals surface area contributed by atoms with Gasteiger partial charge in [0.15, 0.2) is 0 Å². The number of rotatable bonds is 3. The van der Waals surface area contributed by atoms with Crippen molar-refractivity contribution in [3.8, 4) is 33.8 Å². The summed E-state index contributed by atoms with van der Waals surface area (Å²) in [4.78, 5) is 19.0. The van der Waals surface area contributed by atoms with Crippen LogP contribution < -0.4 is 5.43 Å². The molecule has 0 saturated carbocycles. The second-order valence-electron chi connectivity index (χ2n) is 8.30. The summed E-state index contributed by atoms with van der Waals surface area (Å²) in [6, 6.07) is 34.1. The minimum Gasteiger partial charge on any atom is -0.507 e. The van der Waals surface area contributed by atoms with Gasteiger partial charge in [-0.25, -0.2) is 4.98 Å². The van der Waals surface area contributed by atoms with Crippen molar-refractivity contribution in [1.82, 2.24) is 9.55 Å². The van der Waals surface area contributed by atoms with E-state index < -0.39 is 0 Å². The van der Waals surface area contributed by atoms with E-state index in [2.05, 4.69) is 0 Å². The molecular weight excluding hydrogens is 456 g/mol. The number of phenols is 1. The van der Waals surface area contributed by atoms with Gasteiger partial charge in [0.2, 0.25) is 5.43 Å². The Bertz CT molecular complexity index is 1760. The Morgan fingerprint density at radius 3 is 2.11 bits per heavy atom. The highest BCUT2D eigenvalue weighted by Crippen LogP contribution is 2.35. The summed E-state index contributed by atoms with van der Waals surface area (Å²) in [7, 11) is 0. The first kappa shape index (κ1) is 21.1. The predicted molar refractivity (Wildman–Crippen MR) is 142 cm³/mol. The van der Waals surface area contributed by atoms with Gasteiger partial charge in [-0.05, 0) is 53.6 Å². The van der Waals surface area contributed by atoms with E-state index in [4.69, 9.17) is 16.6 Å². The van der Waals surface area contributed by atoms with Crippen molar-refractivity contribution in [3.05, 3.63) is 124 Å². The maximum Gasteiger partial charge on any atom is 0.203 e. The molecule has 1 N–H and O–H groups in total. The number of nitrogens with zero attached hydrogens (tertiary/aromatic N) is 2. The van der Waals surface area contributed by atoms with Crippen LogP contribution >= 0.6 is 11.6 Å². The van der Waals surface area contributed by atoms with E-state index in [1.165, 1.54) is 0 Å². The standard InChI is InChI=1S/C30H19ClN2O2/c31-21-16-14-20(15-17-21)24-18-23(19-8-3-1-4-9-19)27-29(35)28-25(12-7-13-26(28)34)33(30(27)32-24)22-10-5-2-6-11-22/h1-18,34H. The molecule has 6 rings (SSSR count). The first-order valence-electron chi connectivity index (χ1n) is 11.2. The van der Waals surface area contributed by atoms with Gasteiger partial charge in [0.25, 0.3) is 0 Å². The maximum absolute atomic E-state index is 13.9. The molecule has 4 nitrogen and oxygen atoms in total. The van der Waals surface area contributed by atoms with Crippen LogP contribution in [-0.2, 0) is 0 Å². The largest absolute Gasteiger partial charge is 0.507 e. The lowest BCUT2D eigenvalue weighted by Crippen LogP contribution is -2.13. The lowest BCUT2D eigenvalue weighted by Gasteiger charge is -2.18. The van der Waals surface area contributed by atoms with Gasteiger partial charge in [-0.2, -0.15) is 0 Å². The highest BCUT2D eigenvalue weighted by atomic mass is 35.5. The molecule has 2 heterocycles. The van der Waals surface area contributed by atoms with E-state index in [0.29, 0.717) is 21.6 Å². The Hall–Kier alpha value is -4.41. The van der Waals surface area contributed by atoms with Crippen molar-refractivity contribution < 1.29 is 5.11 Å². The van der Waals surface area contributed by atoms with E-state index in [1.807, 2.05) is 102 Å². The fourth-order valence-electron chi connectivity index (χ4n) is 4.56. The van der Waals surface area contributed by atoms with Gasteiger partial charge in [-0.15, -0.1) is 0 Å². The Morgan fingerprint density at radius 1 is 0.714 bits per heavy atom. The number of phenolic OH excluding ortho intramolecular Hbond substituents is 1. The monoisotopic (exact) mass is 474 g/mol. The smallest absolute Gasteiger partial charge is 0.203 e. The maximum atomic E-state index is 13.9. The van der Waals surface area contributed by atoms with Crippen molar-refractivity contribution in [1.29, 1.82) is 0 Å². The number of aromatic hydroxyl groups is 1. The minimum atomic E-state index is -0.255. The lowest BCUT2D eigenvalue weighted by molar-refractivity contribution is 0.481. The van der Waals surface area contributed by atoms with Crippen LogP contribution in [0.1, 0.15) is 0 Å². The molecule has 6 aromatic rings. The van der Waals surface area contributed by atoms with Crippen molar-refractivity contribution in [2.24, 2.45) is 0 Å². The number of aromatic nitrogens is 2. The summed E-state index contributed by atoms with van der Waals surface area (Å²) in [5, 5.41) is 12.1. The fraction of sp³-hybridized carbons (Fsp3) is 0. The molecule has 2 aromatic heterocycles. The summed E-state index contributed by atoms with van der Waals surface area (Å²) < 4.78 is 1.94. The summed E-state index contributed by atoms with van der Waals surface area (Å²) in [6.07, 6.45) is 0. The highest BCUT2D eigenvalue weighted by Gasteiger charge is 2.21. The first-order chi connectivity index (χ1) is 17.1. The summed E-state index contributed by atoms with van der Waals surface area (Å²) in [5.41, 5.74) is 4.94. The Morgan fingerprint density at radius 2 is 1.40 bits per heavy atom. The van der Waals surface area contributed by atoms with Gasteiger partial charge in [-0.3, -0.25) is 9.36 Å². The molecule has 168 valence electrons. The number of halogens is 1. The molecule has 0 fully saturated rings. The third kappa shape index (κ3) is 3.56. The van der Waals surface area contributed by atoms with Gasteiger partial charge >= 0.3 is 0 Å². The molecule has 0 bridgehead atoms. The molecule has 0 radical (unpaired) electrons. The summed E-state index contributed by atoms with van der Waals surface area (Å²) in [5.74, 6) is -0.0557. The molecule has 0 atom stereocenters. The molecule has 0 saturated heterocycles. The molecule has 5 heteroatoms. The lowest BCUT2D eigenvalue weighted by atomic mass is 9.97. The third-order valence-electron chi connectivity index (χ3n) is 6.17. The van der Waals surface area contributed by atoms with Crippen molar-refractivity contribution in [3.63, 3.8) is 0 Å². The second kappa shape index (κ2) is 8.42. The number of para-hydroxylation sites is 1. The normalized spacial score (nSPS) is 11.2. The van der Waals surface area contributed by atoms with E-state index in [0.717, 1.165) is 28.1 Å². The van der Waals surface area contributed by atoms with Crippen LogP contribution in [0.5, 0.6) is 5.75 Å². The van der Waals surface area contributed by atoms with Crippen molar-refractivity contribution in [2.75, 3.05) is 0 Å². The Labute approximate surface area is 206 Å². The fourth-order valence-corrected chi connectivity index (χ4v) is 4.68. The van der Waals surface area contributed by atoms with Crippen LogP contribution in [0.2, 0.25) is 5.02 Å². The molecular formula is C30H19ClN2O2. The molecule has 0 spiro atoms. The third-order valence-corrected chi connectivity index (χ3v) is 6.42. The van der Waals surface area contributed by atoms with Crippen molar-refractivity contribution in [2.45, 2.75) is 0 Å². The molecule has 0 aliphatic carbocycles.